The number of aromatic nitrogens is 2. The van der Waals surface area contributed by atoms with Crippen molar-refractivity contribution in [3.05, 3.63) is 47.3 Å². The van der Waals surface area contributed by atoms with Gasteiger partial charge in [0.05, 0.1) is 0 Å². The van der Waals surface area contributed by atoms with Gasteiger partial charge in [0, 0.05) is 30.2 Å². The first kappa shape index (κ1) is 12.8. The van der Waals surface area contributed by atoms with Crippen molar-refractivity contribution in [1.29, 1.82) is 0 Å². The molecule has 104 valence electrons. The molecule has 4 nitrogen and oxygen atoms in total. The Morgan fingerprint density at radius 2 is 2.00 bits per heavy atom. The summed E-state index contributed by atoms with van der Waals surface area (Å²) < 4.78 is 26.3. The van der Waals surface area contributed by atoms with Crippen molar-refractivity contribution in [1.82, 2.24) is 9.97 Å². The van der Waals surface area contributed by atoms with Crippen molar-refractivity contribution in [3.8, 4) is 0 Å². The molecule has 0 atom stereocenters. The van der Waals surface area contributed by atoms with Crippen LogP contribution in [0.4, 0.5) is 20.4 Å². The van der Waals surface area contributed by atoms with E-state index >= 15 is 0 Å². The normalized spacial score (nSPS) is 14.3. The van der Waals surface area contributed by atoms with Gasteiger partial charge in [0.2, 0.25) is 0 Å². The standard InChI is InChI=1S/C14H14F2N4/c15-10-4-3-9(11(16)5-10)7-18-13-6-12(17)19-14(20-13)8-1-2-8/h3-6,8H,1-2,7H2,(H3,17,18,19,20). The first-order valence-electron chi connectivity index (χ1n) is 6.44. The Morgan fingerprint density at radius 1 is 1.20 bits per heavy atom. The number of nitrogens with zero attached hydrogens (tertiary/aromatic N) is 2. The summed E-state index contributed by atoms with van der Waals surface area (Å²) in [6.07, 6.45) is 2.16. The SMILES string of the molecule is Nc1cc(NCc2ccc(F)cc2F)nc(C2CC2)n1. The summed E-state index contributed by atoms with van der Waals surface area (Å²) in [5.41, 5.74) is 6.10. The largest absolute Gasteiger partial charge is 0.384 e. The summed E-state index contributed by atoms with van der Waals surface area (Å²) in [7, 11) is 0. The Morgan fingerprint density at radius 3 is 2.70 bits per heavy atom. The van der Waals surface area contributed by atoms with Gasteiger partial charge in [-0.3, -0.25) is 0 Å². The van der Waals surface area contributed by atoms with E-state index in [4.69, 9.17) is 5.73 Å². The minimum Gasteiger partial charge on any atom is -0.384 e. The Hall–Kier alpha value is -2.24. The average molecular weight is 276 g/mol. The molecule has 3 rings (SSSR count). The highest BCUT2D eigenvalue weighted by Gasteiger charge is 2.27. The Labute approximate surface area is 115 Å². The minimum absolute atomic E-state index is 0.215. The van der Waals surface area contributed by atoms with E-state index in [0.29, 0.717) is 23.1 Å². The van der Waals surface area contributed by atoms with Crippen molar-refractivity contribution in [2.75, 3.05) is 11.1 Å². The number of hydrogen-bond donors (Lipinski definition) is 2. The first-order valence-corrected chi connectivity index (χ1v) is 6.44. The maximum Gasteiger partial charge on any atom is 0.136 e. The van der Waals surface area contributed by atoms with E-state index in [2.05, 4.69) is 15.3 Å². The van der Waals surface area contributed by atoms with E-state index in [1.54, 1.807) is 6.07 Å². The molecule has 1 aromatic heterocycles. The zero-order valence-corrected chi connectivity index (χ0v) is 10.7. The summed E-state index contributed by atoms with van der Waals surface area (Å²) >= 11 is 0. The third kappa shape index (κ3) is 2.84. The van der Waals surface area contributed by atoms with Gasteiger partial charge in [-0.15, -0.1) is 0 Å². The lowest BCUT2D eigenvalue weighted by Crippen LogP contribution is -2.07. The van der Waals surface area contributed by atoms with Crippen LogP contribution in [0.25, 0.3) is 0 Å². The predicted molar refractivity (Wildman–Crippen MR) is 72.1 cm³/mol. The number of anilines is 2. The summed E-state index contributed by atoms with van der Waals surface area (Å²) in [5, 5.41) is 2.99. The molecule has 1 fully saturated rings. The lowest BCUT2D eigenvalue weighted by Gasteiger charge is -2.09. The van der Waals surface area contributed by atoms with Gasteiger partial charge >= 0.3 is 0 Å². The molecule has 20 heavy (non-hydrogen) atoms. The van der Waals surface area contributed by atoms with Gasteiger partial charge in [0.25, 0.3) is 0 Å². The molecular formula is C14H14F2N4. The van der Waals surface area contributed by atoms with E-state index in [-0.39, 0.29) is 6.54 Å². The van der Waals surface area contributed by atoms with E-state index in [0.717, 1.165) is 24.7 Å². The number of nitrogens with one attached hydrogen (secondary N) is 1. The van der Waals surface area contributed by atoms with Crippen LogP contribution in [0.5, 0.6) is 0 Å². The summed E-state index contributed by atoms with van der Waals surface area (Å²) in [6, 6.07) is 5.10. The molecule has 0 amide bonds. The van der Waals surface area contributed by atoms with Crippen LogP contribution in [0.15, 0.2) is 24.3 Å². The Balaban J connectivity index is 1.74. The van der Waals surface area contributed by atoms with Crippen LogP contribution >= 0.6 is 0 Å². The average Bonchev–Trinajstić information content (AvgIpc) is 3.21. The minimum atomic E-state index is -0.589. The molecular weight excluding hydrogens is 262 g/mol. The molecule has 3 N–H and O–H groups in total. The smallest absolute Gasteiger partial charge is 0.136 e. The molecule has 6 heteroatoms. The van der Waals surface area contributed by atoms with Crippen molar-refractivity contribution in [2.24, 2.45) is 0 Å². The molecule has 2 aromatic rings. The number of rotatable bonds is 4. The zero-order valence-electron chi connectivity index (χ0n) is 10.7. The highest BCUT2D eigenvalue weighted by Crippen LogP contribution is 2.38. The second kappa shape index (κ2) is 5.03. The van der Waals surface area contributed by atoms with Gasteiger partial charge in [0.15, 0.2) is 0 Å². The molecule has 0 radical (unpaired) electrons. The number of nitrogens with two attached hydrogens (primary N) is 1. The Kier molecular flexibility index (Phi) is 3.22. The quantitative estimate of drug-likeness (QED) is 0.901. The fourth-order valence-corrected chi connectivity index (χ4v) is 1.95. The summed E-state index contributed by atoms with van der Waals surface area (Å²) in [5.74, 6) is 0.899. The van der Waals surface area contributed by atoms with E-state index in [1.165, 1.54) is 12.1 Å². The zero-order chi connectivity index (χ0) is 14.1. The van der Waals surface area contributed by atoms with Crippen molar-refractivity contribution in [3.63, 3.8) is 0 Å². The lowest BCUT2D eigenvalue weighted by atomic mass is 10.2. The van der Waals surface area contributed by atoms with E-state index < -0.39 is 11.6 Å². The maximum absolute atomic E-state index is 13.5. The third-order valence-electron chi connectivity index (χ3n) is 3.18. The molecule has 0 aliphatic heterocycles. The third-order valence-corrected chi connectivity index (χ3v) is 3.18. The Bertz CT molecular complexity index is 641. The van der Waals surface area contributed by atoms with Gasteiger partial charge in [0.1, 0.15) is 29.1 Å². The number of hydrogen-bond acceptors (Lipinski definition) is 4. The molecule has 0 bridgehead atoms. The molecule has 1 heterocycles. The maximum atomic E-state index is 13.5. The highest BCUT2D eigenvalue weighted by atomic mass is 19.1. The van der Waals surface area contributed by atoms with E-state index in [1.807, 2.05) is 0 Å². The second-order valence-corrected chi connectivity index (χ2v) is 4.90. The van der Waals surface area contributed by atoms with Crippen LogP contribution in [0.3, 0.4) is 0 Å². The summed E-state index contributed by atoms with van der Waals surface area (Å²) in [6.45, 7) is 0.215. The van der Waals surface area contributed by atoms with Gasteiger partial charge in [-0.05, 0) is 18.9 Å². The van der Waals surface area contributed by atoms with Crippen LogP contribution in [0.1, 0.15) is 30.1 Å². The second-order valence-electron chi connectivity index (χ2n) is 4.90. The molecule has 0 saturated heterocycles. The van der Waals surface area contributed by atoms with Crippen LogP contribution < -0.4 is 11.1 Å². The molecule has 1 saturated carbocycles. The van der Waals surface area contributed by atoms with Crippen molar-refractivity contribution >= 4 is 11.6 Å². The topological polar surface area (TPSA) is 63.8 Å². The number of nitrogen functional groups attached to an aromatic ring is 1. The lowest BCUT2D eigenvalue weighted by molar-refractivity contribution is 0.574. The first-order chi connectivity index (χ1) is 9.61. The fraction of sp³-hybridized carbons (Fsp3) is 0.286. The molecule has 1 aromatic carbocycles. The summed E-state index contributed by atoms with van der Waals surface area (Å²) in [4.78, 5) is 8.54. The van der Waals surface area contributed by atoms with Gasteiger partial charge < -0.3 is 11.1 Å². The fourth-order valence-electron chi connectivity index (χ4n) is 1.95. The highest BCUT2D eigenvalue weighted by molar-refractivity contribution is 5.45. The molecule has 0 spiro atoms. The van der Waals surface area contributed by atoms with Crippen molar-refractivity contribution < 1.29 is 8.78 Å². The van der Waals surface area contributed by atoms with Crippen LogP contribution in [-0.4, -0.2) is 9.97 Å². The van der Waals surface area contributed by atoms with Crippen LogP contribution in [0, 0.1) is 11.6 Å². The van der Waals surface area contributed by atoms with Crippen molar-refractivity contribution in [2.45, 2.75) is 25.3 Å². The molecule has 1 aliphatic carbocycles. The van der Waals surface area contributed by atoms with Crippen LogP contribution in [-0.2, 0) is 6.54 Å². The molecule has 0 unspecified atom stereocenters. The van der Waals surface area contributed by atoms with Gasteiger partial charge in [-0.25, -0.2) is 18.7 Å². The number of benzene rings is 1. The number of halogens is 2. The van der Waals surface area contributed by atoms with Crippen LogP contribution in [0.2, 0.25) is 0 Å². The van der Waals surface area contributed by atoms with E-state index in [9.17, 15) is 8.78 Å². The van der Waals surface area contributed by atoms with Gasteiger partial charge in [-0.2, -0.15) is 0 Å². The van der Waals surface area contributed by atoms with Gasteiger partial charge in [-0.1, -0.05) is 6.07 Å². The predicted octanol–water partition coefficient (Wildman–Crippen LogP) is 2.83. The molecule has 1 aliphatic rings. The monoisotopic (exact) mass is 276 g/mol.